The van der Waals surface area contributed by atoms with Gasteiger partial charge in [0.25, 0.3) is 0 Å². The highest BCUT2D eigenvalue weighted by atomic mass is 17.1. The largest absolute Gasteiger partial charge is 0.237 e. The maximum Gasteiger partial charge on any atom is 0.237 e. The van der Waals surface area contributed by atoms with Crippen LogP contribution in [0.1, 0.15) is 31.2 Å². The zero-order chi connectivity index (χ0) is 13.9. The zero-order valence-corrected chi connectivity index (χ0v) is 11.4. The highest BCUT2D eigenvalue weighted by molar-refractivity contribution is 5.38. The Morgan fingerprint density at radius 2 is 2.00 bits per heavy atom. The summed E-state index contributed by atoms with van der Waals surface area (Å²) in [5, 5.41) is 19.8. The van der Waals surface area contributed by atoms with Crippen molar-refractivity contribution in [3.8, 4) is 0 Å². The van der Waals surface area contributed by atoms with Crippen LogP contribution in [-0.2, 0) is 4.84 Å². The first-order valence-electron chi connectivity index (χ1n) is 6.70. The molecule has 1 fully saturated rings. The lowest BCUT2D eigenvalue weighted by atomic mass is 9.87. The van der Waals surface area contributed by atoms with E-state index in [-0.39, 0.29) is 0 Å². The number of hydrogen-bond acceptors (Lipinski definition) is 3. The lowest BCUT2D eigenvalue weighted by molar-refractivity contribution is -0.475. The Balaban J connectivity index is 1.93. The van der Waals surface area contributed by atoms with E-state index in [0.29, 0.717) is 18.2 Å². The normalized spacial score (nSPS) is 20.6. The molecule has 104 valence electrons. The molecule has 4 nitrogen and oxygen atoms in total. The van der Waals surface area contributed by atoms with Crippen molar-refractivity contribution >= 4 is 5.69 Å². The van der Waals surface area contributed by atoms with Gasteiger partial charge in [-0.3, -0.25) is 0 Å². The Morgan fingerprint density at radius 1 is 1.32 bits per heavy atom. The predicted molar refractivity (Wildman–Crippen MR) is 73.6 cm³/mol. The molecular weight excluding hydrogens is 242 g/mol. The van der Waals surface area contributed by atoms with Gasteiger partial charge in [-0.25, -0.2) is 0 Å². The minimum Gasteiger partial charge on any atom is -0.140 e. The SMILES string of the molecule is C=C1CCCC(CO[N+](O)(O)c2ccc(C)cc2)C1. The first-order chi connectivity index (χ1) is 8.97. The van der Waals surface area contributed by atoms with E-state index in [1.807, 2.05) is 19.1 Å². The van der Waals surface area contributed by atoms with Crippen LogP contribution in [-0.4, -0.2) is 17.0 Å². The van der Waals surface area contributed by atoms with E-state index >= 15 is 0 Å². The number of nitrogens with zero attached hydrogens (tertiary/aromatic N) is 1. The van der Waals surface area contributed by atoms with Crippen molar-refractivity contribution in [1.82, 2.24) is 4.97 Å². The molecule has 0 radical (unpaired) electrons. The maximum atomic E-state index is 9.92. The van der Waals surface area contributed by atoms with E-state index in [4.69, 9.17) is 4.84 Å². The summed E-state index contributed by atoms with van der Waals surface area (Å²) in [5.41, 5.74) is 2.59. The third-order valence-corrected chi connectivity index (χ3v) is 3.58. The number of allylic oxidation sites excluding steroid dienone is 1. The van der Waals surface area contributed by atoms with Crippen molar-refractivity contribution in [3.05, 3.63) is 42.0 Å². The molecule has 0 aliphatic heterocycles. The smallest absolute Gasteiger partial charge is 0.140 e. The molecule has 0 aromatic heterocycles. The lowest BCUT2D eigenvalue weighted by Crippen LogP contribution is -2.43. The van der Waals surface area contributed by atoms with Crippen molar-refractivity contribution in [2.45, 2.75) is 32.6 Å². The average molecular weight is 264 g/mol. The van der Waals surface area contributed by atoms with Crippen LogP contribution < -0.4 is 4.97 Å². The van der Waals surface area contributed by atoms with Gasteiger partial charge in [0.15, 0.2) is 0 Å². The molecule has 4 heteroatoms. The first kappa shape index (κ1) is 14.2. The van der Waals surface area contributed by atoms with Crippen LogP contribution in [0.2, 0.25) is 0 Å². The molecule has 1 aromatic carbocycles. The zero-order valence-electron chi connectivity index (χ0n) is 11.4. The Bertz CT molecular complexity index is 439. The molecule has 2 N–H and O–H groups in total. The summed E-state index contributed by atoms with van der Waals surface area (Å²) in [6.07, 6.45) is 4.14. The molecule has 2 rings (SSSR count). The topological polar surface area (TPSA) is 49.7 Å². The van der Waals surface area contributed by atoms with Crippen LogP contribution in [0.25, 0.3) is 0 Å². The van der Waals surface area contributed by atoms with Crippen LogP contribution in [0.5, 0.6) is 0 Å². The van der Waals surface area contributed by atoms with Crippen molar-refractivity contribution in [2.24, 2.45) is 5.92 Å². The summed E-state index contributed by atoms with van der Waals surface area (Å²) < 4.78 is 0. The number of benzene rings is 1. The monoisotopic (exact) mass is 264 g/mol. The van der Waals surface area contributed by atoms with E-state index in [2.05, 4.69) is 6.58 Å². The Kier molecular flexibility index (Phi) is 4.37. The molecule has 0 saturated heterocycles. The second kappa shape index (κ2) is 5.84. The Labute approximate surface area is 114 Å². The molecule has 1 saturated carbocycles. The van der Waals surface area contributed by atoms with E-state index in [1.54, 1.807) is 12.1 Å². The van der Waals surface area contributed by atoms with Crippen LogP contribution >= 0.6 is 0 Å². The molecule has 19 heavy (non-hydrogen) atoms. The van der Waals surface area contributed by atoms with E-state index < -0.39 is 4.97 Å². The van der Waals surface area contributed by atoms with Gasteiger partial charge in [-0.05, 0) is 38.5 Å². The van der Waals surface area contributed by atoms with E-state index in [0.717, 1.165) is 31.2 Å². The van der Waals surface area contributed by atoms with Crippen molar-refractivity contribution in [1.29, 1.82) is 0 Å². The second-order valence-electron chi connectivity index (χ2n) is 5.39. The standard InChI is InChI=1S/C15H22NO3/c1-12-6-8-15(9-7-12)16(17,18)19-11-14-5-3-4-13(2)10-14/h6-9,14,17-18H,2-5,10-11H2,1H3/q+1. The van der Waals surface area contributed by atoms with Gasteiger partial charge in [0.1, 0.15) is 11.6 Å². The fraction of sp³-hybridized carbons (Fsp3) is 0.467. The fourth-order valence-corrected chi connectivity index (χ4v) is 2.42. The van der Waals surface area contributed by atoms with Crippen molar-refractivity contribution in [3.63, 3.8) is 0 Å². The van der Waals surface area contributed by atoms with Gasteiger partial charge >= 0.3 is 0 Å². The first-order valence-corrected chi connectivity index (χ1v) is 6.70. The molecule has 0 spiro atoms. The van der Waals surface area contributed by atoms with Gasteiger partial charge < -0.3 is 0 Å². The summed E-state index contributed by atoms with van der Waals surface area (Å²) in [7, 11) is 0. The molecule has 1 aliphatic rings. The summed E-state index contributed by atoms with van der Waals surface area (Å²) in [6.45, 7) is 6.26. The minimum absolute atomic E-state index is 0.306. The Hall–Kier alpha value is -1.20. The highest BCUT2D eigenvalue weighted by Gasteiger charge is 2.31. The van der Waals surface area contributed by atoms with Gasteiger partial charge in [0.05, 0.1) is 0 Å². The van der Waals surface area contributed by atoms with Gasteiger partial charge in [-0.1, -0.05) is 29.8 Å². The molecular formula is C15H22NO3+. The third kappa shape index (κ3) is 3.88. The van der Waals surface area contributed by atoms with Crippen LogP contribution in [0.15, 0.2) is 36.4 Å². The molecule has 1 aromatic rings. The Morgan fingerprint density at radius 3 is 2.63 bits per heavy atom. The fourth-order valence-electron chi connectivity index (χ4n) is 2.42. The van der Waals surface area contributed by atoms with Crippen molar-refractivity contribution < 1.29 is 15.3 Å². The molecule has 1 atom stereocenters. The summed E-state index contributed by atoms with van der Waals surface area (Å²) >= 11 is 0. The van der Waals surface area contributed by atoms with E-state index in [1.165, 1.54) is 5.57 Å². The molecule has 0 heterocycles. The quantitative estimate of drug-likeness (QED) is 0.494. The maximum absolute atomic E-state index is 9.92. The summed E-state index contributed by atoms with van der Waals surface area (Å²) in [5.74, 6) is 0.323. The number of quaternary nitrogens is 1. The number of aryl methyl sites for hydroxylation is 1. The summed E-state index contributed by atoms with van der Waals surface area (Å²) in [6, 6.07) is 6.94. The number of hydrogen-bond donors (Lipinski definition) is 2. The van der Waals surface area contributed by atoms with Gasteiger partial charge in [-0.15, -0.1) is 15.3 Å². The molecule has 0 bridgehead atoms. The van der Waals surface area contributed by atoms with E-state index in [9.17, 15) is 10.4 Å². The van der Waals surface area contributed by atoms with Gasteiger partial charge in [0, 0.05) is 12.1 Å². The van der Waals surface area contributed by atoms with Gasteiger partial charge in [0.2, 0.25) is 5.69 Å². The highest BCUT2D eigenvalue weighted by Crippen LogP contribution is 2.28. The average Bonchev–Trinajstić information content (AvgIpc) is 2.37. The lowest BCUT2D eigenvalue weighted by Gasteiger charge is -2.25. The predicted octanol–water partition coefficient (Wildman–Crippen LogP) is 3.76. The van der Waals surface area contributed by atoms with Crippen LogP contribution in [0.3, 0.4) is 0 Å². The van der Waals surface area contributed by atoms with Gasteiger partial charge in [-0.2, -0.15) is 0 Å². The molecule has 0 amide bonds. The molecule has 1 aliphatic carbocycles. The van der Waals surface area contributed by atoms with Crippen molar-refractivity contribution in [2.75, 3.05) is 6.61 Å². The minimum atomic E-state index is -1.51. The van der Waals surface area contributed by atoms with Crippen LogP contribution in [0, 0.1) is 12.8 Å². The second-order valence-corrected chi connectivity index (χ2v) is 5.39. The molecule has 1 unspecified atom stereocenters. The number of rotatable bonds is 4. The summed E-state index contributed by atoms with van der Waals surface area (Å²) in [4.78, 5) is 3.74. The van der Waals surface area contributed by atoms with Crippen LogP contribution in [0.4, 0.5) is 5.69 Å². The third-order valence-electron chi connectivity index (χ3n) is 3.58.